The van der Waals surface area contributed by atoms with Crippen molar-refractivity contribution in [1.82, 2.24) is 5.32 Å². The molecule has 0 fully saturated rings. The third-order valence-corrected chi connectivity index (χ3v) is 2.94. The van der Waals surface area contributed by atoms with Gasteiger partial charge in [-0.05, 0) is 30.7 Å². The number of carboxylic acids is 2. The van der Waals surface area contributed by atoms with E-state index in [2.05, 4.69) is 5.32 Å². The molecule has 0 radical (unpaired) electrons. The minimum Gasteiger partial charge on any atom is -0.493 e. The number of benzene rings is 1. The Balaban J connectivity index is 2.35. The molecule has 1 amide bonds. The highest BCUT2D eigenvalue weighted by Gasteiger charge is 2.20. The summed E-state index contributed by atoms with van der Waals surface area (Å²) in [5, 5.41) is 20.3. The van der Waals surface area contributed by atoms with E-state index in [9.17, 15) is 14.4 Å². The van der Waals surface area contributed by atoms with Crippen LogP contribution < -0.4 is 10.1 Å². The Morgan fingerprint density at radius 1 is 1.14 bits per heavy atom. The number of ether oxygens (including phenoxy) is 1. The number of carbonyl (C=O) groups excluding carboxylic acids is 1. The first kappa shape index (κ1) is 17.8. The van der Waals surface area contributed by atoms with Crippen molar-refractivity contribution in [3.8, 4) is 5.75 Å². The number of rotatable bonds is 9. The van der Waals surface area contributed by atoms with E-state index in [1.807, 2.05) is 0 Å². The highest BCUT2D eigenvalue weighted by molar-refractivity contribution is 6.30. The van der Waals surface area contributed by atoms with Crippen molar-refractivity contribution in [1.29, 1.82) is 0 Å². The van der Waals surface area contributed by atoms with E-state index in [1.54, 1.807) is 24.3 Å². The van der Waals surface area contributed by atoms with Gasteiger partial charge in [0.05, 0.1) is 13.0 Å². The second-order valence-corrected chi connectivity index (χ2v) is 4.88. The van der Waals surface area contributed by atoms with Crippen LogP contribution in [0.3, 0.4) is 0 Å². The normalized spacial score (nSPS) is 11.5. The van der Waals surface area contributed by atoms with E-state index in [-0.39, 0.29) is 25.9 Å². The summed E-state index contributed by atoms with van der Waals surface area (Å²) >= 11 is 5.72. The van der Waals surface area contributed by atoms with E-state index < -0.39 is 23.9 Å². The van der Waals surface area contributed by atoms with Crippen LogP contribution in [-0.2, 0) is 14.4 Å². The van der Waals surface area contributed by atoms with Gasteiger partial charge in [-0.2, -0.15) is 0 Å². The van der Waals surface area contributed by atoms with Crippen molar-refractivity contribution in [2.45, 2.75) is 25.3 Å². The van der Waals surface area contributed by atoms with E-state index in [1.165, 1.54) is 0 Å². The molecule has 0 saturated carbocycles. The number of nitrogens with one attached hydrogen (secondary N) is 1. The van der Waals surface area contributed by atoms with Gasteiger partial charge in [0.2, 0.25) is 5.91 Å². The van der Waals surface area contributed by atoms with Crippen LogP contribution in [0.4, 0.5) is 0 Å². The van der Waals surface area contributed by atoms with Gasteiger partial charge < -0.3 is 20.3 Å². The summed E-state index contributed by atoms with van der Waals surface area (Å²) in [5.41, 5.74) is 0. The number of hydrogen-bond donors (Lipinski definition) is 3. The lowest BCUT2D eigenvalue weighted by Crippen LogP contribution is -2.41. The van der Waals surface area contributed by atoms with Crippen LogP contribution in [0.1, 0.15) is 19.3 Å². The highest BCUT2D eigenvalue weighted by Crippen LogP contribution is 2.15. The predicted molar refractivity (Wildman–Crippen MR) is 78.0 cm³/mol. The van der Waals surface area contributed by atoms with Gasteiger partial charge in [-0.15, -0.1) is 0 Å². The molecule has 22 heavy (non-hydrogen) atoms. The maximum atomic E-state index is 11.6. The molecule has 1 aromatic rings. The van der Waals surface area contributed by atoms with Gasteiger partial charge in [-0.25, -0.2) is 4.79 Å². The Morgan fingerprint density at radius 3 is 2.32 bits per heavy atom. The molecule has 0 aliphatic rings. The number of halogens is 1. The molecule has 120 valence electrons. The molecule has 1 rings (SSSR count). The number of aliphatic carboxylic acids is 2. The summed E-state index contributed by atoms with van der Waals surface area (Å²) in [5.74, 6) is -2.37. The Bertz CT molecular complexity index is 531. The SMILES string of the molecule is O=C(O)CCC(NC(=O)CCOc1ccc(Cl)cc1)C(=O)O. The molecule has 0 heterocycles. The van der Waals surface area contributed by atoms with Crippen molar-refractivity contribution in [2.75, 3.05) is 6.61 Å². The zero-order valence-corrected chi connectivity index (χ0v) is 12.4. The summed E-state index contributed by atoms with van der Waals surface area (Å²) < 4.78 is 5.31. The molecule has 1 atom stereocenters. The quantitative estimate of drug-likeness (QED) is 0.633. The molecular formula is C14H16ClNO6. The van der Waals surface area contributed by atoms with E-state index in [0.717, 1.165) is 0 Å². The Kier molecular flexibility index (Phi) is 7.18. The fourth-order valence-corrected chi connectivity index (χ4v) is 1.71. The molecule has 3 N–H and O–H groups in total. The average Bonchev–Trinajstić information content (AvgIpc) is 2.45. The topological polar surface area (TPSA) is 113 Å². The first-order valence-electron chi connectivity index (χ1n) is 6.51. The maximum absolute atomic E-state index is 11.6. The average molecular weight is 330 g/mol. The van der Waals surface area contributed by atoms with Gasteiger partial charge in [0.25, 0.3) is 0 Å². The number of amides is 1. The monoisotopic (exact) mass is 329 g/mol. The van der Waals surface area contributed by atoms with Gasteiger partial charge >= 0.3 is 11.9 Å². The standard InChI is InChI=1S/C14H16ClNO6/c15-9-1-3-10(4-2-9)22-8-7-12(17)16-11(14(20)21)5-6-13(18)19/h1-4,11H,5-8H2,(H,16,17)(H,18,19)(H,20,21). The minimum absolute atomic E-state index is 0.0422. The predicted octanol–water partition coefficient (Wildman–Crippen LogP) is 1.54. The van der Waals surface area contributed by atoms with E-state index >= 15 is 0 Å². The number of carbonyl (C=O) groups is 3. The molecule has 0 bridgehead atoms. The Hall–Kier alpha value is -2.28. The van der Waals surface area contributed by atoms with Crippen LogP contribution in [0, 0.1) is 0 Å². The molecule has 0 spiro atoms. The van der Waals surface area contributed by atoms with Crippen molar-refractivity contribution in [2.24, 2.45) is 0 Å². The van der Waals surface area contributed by atoms with Gasteiger partial charge in [0, 0.05) is 11.4 Å². The third kappa shape index (κ3) is 6.94. The zero-order valence-electron chi connectivity index (χ0n) is 11.6. The van der Waals surface area contributed by atoms with E-state index in [4.69, 9.17) is 26.6 Å². The first-order chi connectivity index (χ1) is 10.4. The second kappa shape index (κ2) is 8.89. The number of carboxylic acid groups (broad SMARTS) is 2. The van der Waals surface area contributed by atoms with Gasteiger partial charge in [0.15, 0.2) is 0 Å². The Morgan fingerprint density at radius 2 is 1.77 bits per heavy atom. The van der Waals surface area contributed by atoms with Crippen molar-refractivity contribution < 1.29 is 29.3 Å². The van der Waals surface area contributed by atoms with E-state index in [0.29, 0.717) is 10.8 Å². The van der Waals surface area contributed by atoms with Gasteiger partial charge in [0.1, 0.15) is 11.8 Å². The molecule has 1 unspecified atom stereocenters. The van der Waals surface area contributed by atoms with Crippen molar-refractivity contribution in [3.63, 3.8) is 0 Å². The number of hydrogen-bond acceptors (Lipinski definition) is 4. The fraction of sp³-hybridized carbons (Fsp3) is 0.357. The summed E-state index contributed by atoms with van der Waals surface area (Å²) in [6, 6.07) is 5.35. The molecule has 7 nitrogen and oxygen atoms in total. The highest BCUT2D eigenvalue weighted by atomic mass is 35.5. The molecule has 1 aromatic carbocycles. The molecule has 0 aliphatic heterocycles. The second-order valence-electron chi connectivity index (χ2n) is 4.44. The van der Waals surface area contributed by atoms with Crippen LogP contribution in [0.2, 0.25) is 5.02 Å². The summed E-state index contributed by atoms with van der Waals surface area (Å²) in [6.07, 6.45) is -0.549. The fourth-order valence-electron chi connectivity index (χ4n) is 1.58. The smallest absolute Gasteiger partial charge is 0.326 e. The third-order valence-electron chi connectivity index (χ3n) is 2.69. The summed E-state index contributed by atoms with van der Waals surface area (Å²) in [6.45, 7) is 0.0682. The first-order valence-corrected chi connectivity index (χ1v) is 6.88. The van der Waals surface area contributed by atoms with Gasteiger partial charge in [-0.3, -0.25) is 9.59 Å². The minimum atomic E-state index is -1.27. The van der Waals surface area contributed by atoms with Gasteiger partial charge in [-0.1, -0.05) is 11.6 Å². The lowest BCUT2D eigenvalue weighted by Gasteiger charge is -2.13. The van der Waals surface area contributed by atoms with Crippen LogP contribution in [0.5, 0.6) is 5.75 Å². The van der Waals surface area contributed by atoms with Crippen LogP contribution in [-0.4, -0.2) is 40.7 Å². The zero-order chi connectivity index (χ0) is 16.5. The lowest BCUT2D eigenvalue weighted by molar-refractivity contribution is -0.143. The van der Waals surface area contributed by atoms with Crippen LogP contribution >= 0.6 is 11.6 Å². The largest absolute Gasteiger partial charge is 0.493 e. The van der Waals surface area contributed by atoms with Crippen molar-refractivity contribution >= 4 is 29.4 Å². The maximum Gasteiger partial charge on any atom is 0.326 e. The summed E-state index contributed by atoms with van der Waals surface area (Å²) in [7, 11) is 0. The molecule has 0 aromatic heterocycles. The Labute approximate surface area is 131 Å². The summed E-state index contributed by atoms with van der Waals surface area (Å²) in [4.78, 5) is 33.0. The molecule has 0 aliphatic carbocycles. The molecule has 0 saturated heterocycles. The molecule has 8 heteroatoms. The lowest BCUT2D eigenvalue weighted by atomic mass is 10.1. The molecular weight excluding hydrogens is 314 g/mol. The van der Waals surface area contributed by atoms with Crippen molar-refractivity contribution in [3.05, 3.63) is 29.3 Å². The van der Waals surface area contributed by atoms with Crippen LogP contribution in [0.25, 0.3) is 0 Å². The van der Waals surface area contributed by atoms with Crippen LogP contribution in [0.15, 0.2) is 24.3 Å².